The Labute approximate surface area is 166 Å². The second-order valence-electron chi connectivity index (χ2n) is 5.04. The van der Waals surface area contributed by atoms with Gasteiger partial charge in [0.1, 0.15) is 9.79 Å². The lowest BCUT2D eigenvalue weighted by Crippen LogP contribution is -2.18. The number of amides is 2. The van der Waals surface area contributed by atoms with E-state index in [4.69, 9.17) is 0 Å². The molecule has 12 heteroatoms. The van der Waals surface area contributed by atoms with Gasteiger partial charge in [-0.3, -0.25) is 9.59 Å². The van der Waals surface area contributed by atoms with Crippen LogP contribution in [0.3, 0.4) is 0 Å². The average Bonchev–Trinajstić information content (AvgIpc) is 2.92. The van der Waals surface area contributed by atoms with E-state index in [0.29, 0.717) is 6.66 Å². The minimum absolute atomic E-state index is 0.0527. The molecule has 26 heavy (non-hydrogen) atoms. The molecular formula is C14H8Br2N2O6S2. The molecule has 2 aliphatic rings. The lowest BCUT2D eigenvalue weighted by Gasteiger charge is -2.01. The summed E-state index contributed by atoms with van der Waals surface area (Å²) in [5.74, 6) is -1.09. The van der Waals surface area contributed by atoms with Gasteiger partial charge in [0, 0.05) is 0 Å². The van der Waals surface area contributed by atoms with Crippen molar-refractivity contribution < 1.29 is 26.4 Å². The van der Waals surface area contributed by atoms with Crippen LogP contribution in [0.1, 0.15) is 20.7 Å². The molecule has 0 unspecified atom stereocenters. The number of halogens is 2. The maximum atomic E-state index is 11.5. The first kappa shape index (κ1) is 19.0. The summed E-state index contributed by atoms with van der Waals surface area (Å²) in [7, 11) is -7.27. The van der Waals surface area contributed by atoms with Gasteiger partial charge in [0.2, 0.25) is 0 Å². The van der Waals surface area contributed by atoms with Crippen LogP contribution in [0.25, 0.3) is 0 Å². The molecule has 136 valence electrons. The fourth-order valence-electron chi connectivity index (χ4n) is 2.32. The minimum Gasteiger partial charge on any atom is -0.267 e. The summed E-state index contributed by atoms with van der Waals surface area (Å²) in [5.41, 5.74) is 0.416. The van der Waals surface area contributed by atoms with Crippen LogP contribution < -0.4 is 0 Å². The molecule has 0 bridgehead atoms. The smallest absolute Gasteiger partial charge is 0.267 e. The summed E-state index contributed by atoms with van der Waals surface area (Å²) >= 11 is 5.40. The number of carbonyl (C=O) groups is 2. The van der Waals surface area contributed by atoms with E-state index in [2.05, 4.69) is 32.3 Å². The Morgan fingerprint density at radius 3 is 1.23 bits per heavy atom. The molecule has 2 aliphatic heterocycles. The maximum absolute atomic E-state index is 11.5. The number of rotatable bonds is 0. The van der Waals surface area contributed by atoms with Crippen molar-refractivity contribution >= 4 is 64.2 Å². The predicted molar refractivity (Wildman–Crippen MR) is 97.4 cm³/mol. The summed E-state index contributed by atoms with van der Waals surface area (Å²) in [6.45, 7) is 0. The van der Waals surface area contributed by atoms with E-state index in [1.54, 1.807) is 24.3 Å². The van der Waals surface area contributed by atoms with Gasteiger partial charge in [0.15, 0.2) is 0 Å². The monoisotopic (exact) mass is 522 g/mol. The highest BCUT2D eigenvalue weighted by molar-refractivity contribution is 9.09. The van der Waals surface area contributed by atoms with Crippen molar-refractivity contribution in [3.63, 3.8) is 0 Å². The largest absolute Gasteiger partial charge is 0.279 e. The van der Waals surface area contributed by atoms with Gasteiger partial charge in [-0.25, -0.2) is 16.8 Å². The Bertz CT molecular complexity index is 1060. The zero-order chi connectivity index (χ0) is 19.3. The van der Waals surface area contributed by atoms with Gasteiger partial charge in [0.25, 0.3) is 31.9 Å². The molecule has 8 nitrogen and oxygen atoms in total. The Balaban J connectivity index is 0.000000151. The number of carbonyl (C=O) groups excluding carboxylic acids is 2. The SMILES string of the molecule is O=C1c2ccccc2S(=O)(=O)N1Br.O=C1c2ccccc2S(=O)(=O)N1Br. The van der Waals surface area contributed by atoms with Crippen molar-refractivity contribution in [2.24, 2.45) is 0 Å². The third-order valence-corrected chi connectivity index (χ3v) is 9.46. The van der Waals surface area contributed by atoms with Gasteiger partial charge in [-0.1, -0.05) is 24.3 Å². The molecule has 0 spiro atoms. The van der Waals surface area contributed by atoms with Gasteiger partial charge < -0.3 is 0 Å². The third-order valence-electron chi connectivity index (χ3n) is 3.53. The van der Waals surface area contributed by atoms with E-state index < -0.39 is 31.9 Å². The Morgan fingerprint density at radius 1 is 0.615 bits per heavy atom. The first-order chi connectivity index (χ1) is 12.1. The van der Waals surface area contributed by atoms with Crippen molar-refractivity contribution in [3.8, 4) is 0 Å². The molecule has 4 rings (SSSR count). The fraction of sp³-hybridized carbons (Fsp3) is 0. The molecule has 0 saturated heterocycles. The third kappa shape index (κ3) is 2.76. The molecule has 0 radical (unpaired) electrons. The van der Waals surface area contributed by atoms with Gasteiger partial charge in [0.05, 0.1) is 43.4 Å². The standard InChI is InChI=1S/2C7H4BrNO3S/c2*8-9-7(10)5-3-1-2-4-6(5)13(9,11)12/h2*1-4H. The number of benzene rings is 2. The zero-order valence-corrected chi connectivity index (χ0v) is 17.3. The summed E-state index contributed by atoms with van der Waals surface area (Å²) in [6, 6.07) is 12.2. The summed E-state index contributed by atoms with van der Waals surface area (Å²) in [4.78, 5) is 22.7. The number of nitrogens with zero attached hydrogens (tertiary/aromatic N) is 2. The predicted octanol–water partition coefficient (Wildman–Crippen LogP) is 2.28. The van der Waals surface area contributed by atoms with Gasteiger partial charge in [-0.15, -0.1) is 0 Å². The van der Waals surface area contributed by atoms with E-state index in [1.807, 2.05) is 0 Å². The molecule has 0 saturated carbocycles. The van der Waals surface area contributed by atoms with Gasteiger partial charge >= 0.3 is 0 Å². The van der Waals surface area contributed by atoms with E-state index >= 15 is 0 Å². The van der Waals surface area contributed by atoms with Crippen LogP contribution in [0.2, 0.25) is 0 Å². The maximum Gasteiger partial charge on any atom is 0.279 e. The lowest BCUT2D eigenvalue weighted by atomic mass is 10.2. The molecule has 2 aromatic rings. The fourth-order valence-corrected chi connectivity index (χ4v) is 5.98. The normalized spacial score (nSPS) is 18.8. The summed E-state index contributed by atoms with van der Waals surface area (Å²) in [6.07, 6.45) is 0. The van der Waals surface area contributed by atoms with Crippen LogP contribution in [-0.2, 0) is 20.0 Å². The van der Waals surface area contributed by atoms with Crippen molar-refractivity contribution in [1.82, 2.24) is 6.66 Å². The summed E-state index contributed by atoms with van der Waals surface area (Å²) < 4.78 is 47.0. The van der Waals surface area contributed by atoms with Crippen LogP contribution in [0.5, 0.6) is 0 Å². The molecular weight excluding hydrogens is 516 g/mol. The first-order valence-electron chi connectivity index (χ1n) is 6.79. The second kappa shape index (κ2) is 6.44. The highest BCUT2D eigenvalue weighted by Crippen LogP contribution is 2.32. The Kier molecular flexibility index (Phi) is 4.71. The van der Waals surface area contributed by atoms with E-state index in [-0.39, 0.29) is 20.9 Å². The van der Waals surface area contributed by atoms with Gasteiger partial charge in [-0.05, 0) is 24.3 Å². The van der Waals surface area contributed by atoms with Crippen molar-refractivity contribution in [3.05, 3.63) is 59.7 Å². The van der Waals surface area contributed by atoms with Crippen LogP contribution in [0.4, 0.5) is 0 Å². The van der Waals surface area contributed by atoms with Gasteiger partial charge in [-0.2, -0.15) is 6.66 Å². The second-order valence-corrected chi connectivity index (χ2v) is 10.9. The van der Waals surface area contributed by atoms with Crippen LogP contribution >= 0.6 is 32.3 Å². The molecule has 0 atom stereocenters. The zero-order valence-electron chi connectivity index (χ0n) is 12.5. The minimum atomic E-state index is -3.63. The van der Waals surface area contributed by atoms with Crippen LogP contribution in [0, 0.1) is 0 Å². The van der Waals surface area contributed by atoms with E-state index in [0.717, 1.165) is 0 Å². The Morgan fingerprint density at radius 2 is 0.923 bits per heavy atom. The van der Waals surface area contributed by atoms with Crippen molar-refractivity contribution in [2.75, 3.05) is 0 Å². The molecule has 0 aromatic heterocycles. The number of fused-ring (bicyclic) bond motifs is 2. The first-order valence-corrected chi connectivity index (χ1v) is 11.1. The number of sulfonamides is 2. The Hall–Kier alpha value is -1.76. The summed E-state index contributed by atoms with van der Waals surface area (Å²) in [5, 5.41) is 0. The van der Waals surface area contributed by atoms with E-state index in [1.165, 1.54) is 24.3 Å². The number of hydrogen-bond acceptors (Lipinski definition) is 6. The van der Waals surface area contributed by atoms with Crippen molar-refractivity contribution in [1.29, 1.82) is 0 Å². The molecule has 0 N–H and O–H groups in total. The van der Waals surface area contributed by atoms with Crippen LogP contribution in [-0.4, -0.2) is 35.3 Å². The van der Waals surface area contributed by atoms with E-state index in [9.17, 15) is 26.4 Å². The quantitative estimate of drug-likeness (QED) is 0.490. The molecule has 2 heterocycles. The lowest BCUT2D eigenvalue weighted by molar-refractivity contribution is 0.0929. The van der Waals surface area contributed by atoms with Crippen LogP contribution in [0.15, 0.2) is 58.3 Å². The molecule has 0 fully saturated rings. The highest BCUT2D eigenvalue weighted by atomic mass is 79.9. The molecule has 2 amide bonds. The average molecular weight is 524 g/mol. The molecule has 0 aliphatic carbocycles. The number of hydrogen-bond donors (Lipinski definition) is 0. The molecule has 2 aromatic carbocycles. The van der Waals surface area contributed by atoms with Crippen molar-refractivity contribution in [2.45, 2.75) is 9.79 Å². The highest BCUT2D eigenvalue weighted by Gasteiger charge is 2.40. The topological polar surface area (TPSA) is 109 Å².